The summed E-state index contributed by atoms with van der Waals surface area (Å²) in [5.74, 6) is -1.29. The van der Waals surface area contributed by atoms with E-state index in [9.17, 15) is 9.18 Å². The lowest BCUT2D eigenvalue weighted by atomic mass is 10.2. The lowest BCUT2D eigenvalue weighted by molar-refractivity contribution is 0.0972. The van der Waals surface area contributed by atoms with Gasteiger partial charge in [-0.2, -0.15) is 5.26 Å². The molecule has 0 unspecified atom stereocenters. The fourth-order valence-electron chi connectivity index (χ4n) is 0.790. The highest BCUT2D eigenvalue weighted by Gasteiger charge is 2.10. The quantitative estimate of drug-likeness (QED) is 0.552. The van der Waals surface area contributed by atoms with Crippen LogP contribution in [0.4, 0.5) is 4.39 Å². The van der Waals surface area contributed by atoms with E-state index in [1.54, 1.807) is 0 Å². The zero-order chi connectivity index (χ0) is 9.84. The molecule has 1 N–H and O–H groups in total. The smallest absolute Gasteiger partial charge is 0.265 e. The molecule has 0 saturated heterocycles. The third-order valence-corrected chi connectivity index (χ3v) is 1.67. The standard InChI is InChI=1S/C8H4ClFN2O/c9-7-2-1-5(10)3-6(7)8(13)12-4-11/h1-3H,(H,12,13). The molecule has 0 heterocycles. The molecule has 0 aliphatic rings. The van der Waals surface area contributed by atoms with Crippen LogP contribution in [-0.4, -0.2) is 5.91 Å². The number of nitrogens with one attached hydrogen (secondary N) is 1. The van der Waals surface area contributed by atoms with E-state index < -0.39 is 11.7 Å². The van der Waals surface area contributed by atoms with E-state index in [1.165, 1.54) is 12.3 Å². The van der Waals surface area contributed by atoms with E-state index in [0.717, 1.165) is 12.1 Å². The van der Waals surface area contributed by atoms with Crippen LogP contribution in [0.1, 0.15) is 10.4 Å². The molecule has 0 aliphatic carbocycles. The Morgan fingerprint density at radius 1 is 1.62 bits per heavy atom. The zero-order valence-electron chi connectivity index (χ0n) is 6.34. The number of halogens is 2. The Hall–Kier alpha value is -1.60. The molecule has 66 valence electrons. The fraction of sp³-hybridized carbons (Fsp3) is 0. The van der Waals surface area contributed by atoms with Crippen LogP contribution in [0.15, 0.2) is 18.2 Å². The van der Waals surface area contributed by atoms with E-state index in [4.69, 9.17) is 16.9 Å². The maximum Gasteiger partial charge on any atom is 0.265 e. The first-order valence-corrected chi connectivity index (χ1v) is 3.67. The Labute approximate surface area is 78.7 Å². The van der Waals surface area contributed by atoms with Crippen LogP contribution < -0.4 is 5.32 Å². The number of hydrogen-bond acceptors (Lipinski definition) is 2. The molecule has 13 heavy (non-hydrogen) atoms. The number of amides is 1. The number of carbonyl (C=O) groups excluding carboxylic acids is 1. The lowest BCUT2D eigenvalue weighted by Gasteiger charge is -2.00. The molecule has 0 bridgehead atoms. The van der Waals surface area contributed by atoms with Crippen LogP contribution >= 0.6 is 11.6 Å². The van der Waals surface area contributed by atoms with Crippen molar-refractivity contribution in [2.24, 2.45) is 0 Å². The van der Waals surface area contributed by atoms with E-state index in [2.05, 4.69) is 0 Å². The Morgan fingerprint density at radius 3 is 2.92 bits per heavy atom. The average molecular weight is 199 g/mol. The van der Waals surface area contributed by atoms with Gasteiger partial charge in [-0.15, -0.1) is 0 Å². The summed E-state index contributed by atoms with van der Waals surface area (Å²) in [6.07, 6.45) is 1.43. The highest BCUT2D eigenvalue weighted by molar-refractivity contribution is 6.33. The molecule has 1 amide bonds. The molecule has 1 aromatic carbocycles. The van der Waals surface area contributed by atoms with Crippen molar-refractivity contribution in [3.05, 3.63) is 34.6 Å². The molecule has 0 atom stereocenters. The molecule has 1 rings (SSSR count). The van der Waals surface area contributed by atoms with Crippen molar-refractivity contribution in [1.29, 1.82) is 5.26 Å². The van der Waals surface area contributed by atoms with Gasteiger partial charge in [0.25, 0.3) is 5.91 Å². The number of hydrogen-bond donors (Lipinski definition) is 1. The van der Waals surface area contributed by atoms with Crippen molar-refractivity contribution in [3.8, 4) is 6.19 Å². The fourth-order valence-corrected chi connectivity index (χ4v) is 0.993. The first kappa shape index (κ1) is 9.49. The van der Waals surface area contributed by atoms with E-state index in [1.807, 2.05) is 5.32 Å². The first-order valence-electron chi connectivity index (χ1n) is 3.29. The van der Waals surface area contributed by atoms with Gasteiger partial charge in [-0.25, -0.2) is 4.39 Å². The highest BCUT2D eigenvalue weighted by Crippen LogP contribution is 2.16. The lowest BCUT2D eigenvalue weighted by Crippen LogP contribution is -2.17. The summed E-state index contributed by atoms with van der Waals surface area (Å²) < 4.78 is 12.6. The molecular weight excluding hydrogens is 195 g/mol. The second kappa shape index (κ2) is 3.87. The minimum atomic E-state index is -0.716. The second-order valence-electron chi connectivity index (χ2n) is 2.19. The third-order valence-electron chi connectivity index (χ3n) is 1.34. The topological polar surface area (TPSA) is 52.9 Å². The monoisotopic (exact) mass is 198 g/mol. The van der Waals surface area contributed by atoms with Crippen molar-refractivity contribution in [2.75, 3.05) is 0 Å². The number of carbonyl (C=O) groups is 1. The van der Waals surface area contributed by atoms with Gasteiger partial charge in [0.2, 0.25) is 0 Å². The van der Waals surface area contributed by atoms with Gasteiger partial charge >= 0.3 is 0 Å². The normalized spacial score (nSPS) is 9.00. The van der Waals surface area contributed by atoms with Crippen molar-refractivity contribution in [3.63, 3.8) is 0 Å². The largest absolute Gasteiger partial charge is 0.268 e. The highest BCUT2D eigenvalue weighted by atomic mass is 35.5. The molecule has 0 aliphatic heterocycles. The Morgan fingerprint density at radius 2 is 2.31 bits per heavy atom. The Kier molecular flexibility index (Phi) is 2.83. The van der Waals surface area contributed by atoms with Crippen molar-refractivity contribution >= 4 is 17.5 Å². The minimum absolute atomic E-state index is 0.0526. The van der Waals surface area contributed by atoms with Crippen molar-refractivity contribution in [1.82, 2.24) is 5.32 Å². The summed E-state index contributed by atoms with van der Waals surface area (Å²) in [5.41, 5.74) is -0.0526. The molecule has 0 saturated carbocycles. The summed E-state index contributed by atoms with van der Waals surface area (Å²) in [4.78, 5) is 11.0. The molecular formula is C8H4ClFN2O. The third kappa shape index (κ3) is 2.17. The zero-order valence-corrected chi connectivity index (χ0v) is 7.10. The van der Waals surface area contributed by atoms with Crippen LogP contribution in [0.2, 0.25) is 5.02 Å². The number of nitriles is 1. The van der Waals surface area contributed by atoms with Gasteiger partial charge < -0.3 is 0 Å². The van der Waals surface area contributed by atoms with Gasteiger partial charge in [0, 0.05) is 0 Å². The average Bonchev–Trinajstić information content (AvgIpc) is 2.09. The van der Waals surface area contributed by atoms with Crippen molar-refractivity contribution in [2.45, 2.75) is 0 Å². The predicted molar refractivity (Wildman–Crippen MR) is 44.5 cm³/mol. The van der Waals surface area contributed by atoms with Crippen LogP contribution in [0.5, 0.6) is 0 Å². The Balaban J connectivity index is 3.07. The first-order chi connectivity index (χ1) is 6.15. The molecule has 1 aromatic rings. The number of rotatable bonds is 1. The SMILES string of the molecule is N#CNC(=O)c1cc(F)ccc1Cl. The summed E-state index contributed by atoms with van der Waals surface area (Å²) >= 11 is 5.59. The van der Waals surface area contributed by atoms with Gasteiger partial charge in [0.1, 0.15) is 5.82 Å². The second-order valence-corrected chi connectivity index (χ2v) is 2.60. The van der Waals surface area contributed by atoms with E-state index in [-0.39, 0.29) is 10.6 Å². The molecule has 5 heteroatoms. The summed E-state index contributed by atoms with van der Waals surface area (Å²) in [7, 11) is 0. The van der Waals surface area contributed by atoms with E-state index in [0.29, 0.717) is 0 Å². The summed E-state index contributed by atoms with van der Waals surface area (Å²) in [5, 5.41) is 10.1. The minimum Gasteiger partial charge on any atom is -0.268 e. The van der Waals surface area contributed by atoms with Gasteiger partial charge in [-0.3, -0.25) is 10.1 Å². The van der Waals surface area contributed by atoms with Crippen LogP contribution in [0.3, 0.4) is 0 Å². The summed E-state index contributed by atoms with van der Waals surface area (Å²) in [6.45, 7) is 0. The maximum atomic E-state index is 12.6. The number of benzene rings is 1. The molecule has 0 spiro atoms. The Bertz CT molecular complexity index is 386. The number of nitrogens with zero attached hydrogens (tertiary/aromatic N) is 1. The van der Waals surface area contributed by atoms with E-state index >= 15 is 0 Å². The summed E-state index contributed by atoms with van der Waals surface area (Å²) in [6, 6.07) is 3.35. The molecule has 3 nitrogen and oxygen atoms in total. The van der Waals surface area contributed by atoms with Gasteiger partial charge in [0.05, 0.1) is 10.6 Å². The van der Waals surface area contributed by atoms with Gasteiger partial charge in [-0.05, 0) is 18.2 Å². The van der Waals surface area contributed by atoms with Gasteiger partial charge in [0.15, 0.2) is 6.19 Å². The van der Waals surface area contributed by atoms with Crippen LogP contribution in [-0.2, 0) is 0 Å². The molecule has 0 radical (unpaired) electrons. The van der Waals surface area contributed by atoms with Crippen LogP contribution in [0.25, 0.3) is 0 Å². The van der Waals surface area contributed by atoms with Crippen LogP contribution in [0, 0.1) is 17.3 Å². The molecule has 0 fully saturated rings. The molecule has 0 aromatic heterocycles. The van der Waals surface area contributed by atoms with Crippen molar-refractivity contribution < 1.29 is 9.18 Å². The maximum absolute atomic E-state index is 12.6. The predicted octanol–water partition coefficient (Wildman–Crippen LogP) is 1.69. The van der Waals surface area contributed by atoms with Gasteiger partial charge in [-0.1, -0.05) is 11.6 Å².